The lowest BCUT2D eigenvalue weighted by Gasteiger charge is -2.28. The topological polar surface area (TPSA) is 32.3 Å². The zero-order valence-corrected chi connectivity index (χ0v) is 12.3. The SMILES string of the molecule is C[C@H]1C2=CNN(c3ccc(F)cc3)C2=CC2=C1[C@@H](C=O)CC2. The van der Waals surface area contributed by atoms with Crippen molar-refractivity contribution in [3.63, 3.8) is 0 Å². The van der Waals surface area contributed by atoms with Gasteiger partial charge >= 0.3 is 0 Å². The fourth-order valence-corrected chi connectivity index (χ4v) is 3.78. The molecule has 2 aliphatic carbocycles. The summed E-state index contributed by atoms with van der Waals surface area (Å²) in [5.41, 5.74) is 9.00. The molecule has 0 unspecified atom stereocenters. The summed E-state index contributed by atoms with van der Waals surface area (Å²) in [6.07, 6.45) is 7.12. The van der Waals surface area contributed by atoms with Crippen molar-refractivity contribution < 1.29 is 9.18 Å². The number of halogens is 1. The van der Waals surface area contributed by atoms with Crippen molar-refractivity contribution in [3.8, 4) is 0 Å². The van der Waals surface area contributed by atoms with Crippen LogP contribution in [0.15, 0.2) is 59.0 Å². The van der Waals surface area contributed by atoms with Gasteiger partial charge in [0, 0.05) is 23.6 Å². The molecule has 1 N–H and O–H groups in total. The van der Waals surface area contributed by atoms with Gasteiger partial charge in [-0.05, 0) is 54.3 Å². The van der Waals surface area contributed by atoms with Crippen LogP contribution in [0.2, 0.25) is 0 Å². The van der Waals surface area contributed by atoms with Crippen LogP contribution in [0, 0.1) is 17.7 Å². The van der Waals surface area contributed by atoms with Crippen LogP contribution < -0.4 is 10.4 Å². The Morgan fingerprint density at radius 1 is 1.32 bits per heavy atom. The number of aldehydes is 1. The third-order valence-corrected chi connectivity index (χ3v) is 4.87. The van der Waals surface area contributed by atoms with E-state index in [1.807, 2.05) is 11.2 Å². The lowest BCUT2D eigenvalue weighted by molar-refractivity contribution is -0.110. The Balaban J connectivity index is 1.75. The van der Waals surface area contributed by atoms with Crippen molar-refractivity contribution in [1.29, 1.82) is 0 Å². The maximum absolute atomic E-state index is 13.1. The van der Waals surface area contributed by atoms with Crippen molar-refractivity contribution in [3.05, 3.63) is 64.8 Å². The van der Waals surface area contributed by atoms with E-state index in [0.717, 1.165) is 30.5 Å². The Kier molecular flexibility index (Phi) is 2.93. The lowest BCUT2D eigenvalue weighted by Crippen LogP contribution is -2.29. The summed E-state index contributed by atoms with van der Waals surface area (Å²) >= 11 is 0. The highest BCUT2D eigenvalue weighted by molar-refractivity contribution is 5.69. The number of hydrazine groups is 1. The first-order valence-electron chi connectivity index (χ1n) is 7.61. The van der Waals surface area contributed by atoms with Crippen molar-refractivity contribution in [2.75, 3.05) is 5.01 Å². The highest BCUT2D eigenvalue weighted by atomic mass is 19.1. The number of allylic oxidation sites excluding steroid dienone is 4. The molecule has 2 atom stereocenters. The third kappa shape index (κ3) is 1.83. The predicted octanol–water partition coefficient (Wildman–Crippen LogP) is 3.47. The number of anilines is 1. The fourth-order valence-electron chi connectivity index (χ4n) is 3.78. The first-order chi connectivity index (χ1) is 10.7. The Labute approximate surface area is 128 Å². The minimum atomic E-state index is -0.239. The van der Waals surface area contributed by atoms with E-state index in [1.54, 1.807) is 12.1 Å². The van der Waals surface area contributed by atoms with Crippen molar-refractivity contribution >= 4 is 12.0 Å². The molecule has 1 aliphatic heterocycles. The van der Waals surface area contributed by atoms with Crippen molar-refractivity contribution in [1.82, 2.24) is 5.43 Å². The van der Waals surface area contributed by atoms with Crippen LogP contribution in [-0.4, -0.2) is 6.29 Å². The van der Waals surface area contributed by atoms with Crippen LogP contribution in [0.3, 0.4) is 0 Å². The molecule has 1 aromatic rings. The Morgan fingerprint density at radius 2 is 2.09 bits per heavy atom. The second-order valence-electron chi connectivity index (χ2n) is 6.05. The molecule has 3 aliphatic rings. The van der Waals surface area contributed by atoms with Crippen LogP contribution in [0.4, 0.5) is 10.1 Å². The Bertz CT molecular complexity index is 730. The summed E-state index contributed by atoms with van der Waals surface area (Å²) < 4.78 is 13.1. The summed E-state index contributed by atoms with van der Waals surface area (Å²) in [5.74, 6) is 0.0611. The molecule has 1 aromatic carbocycles. The molecule has 4 heteroatoms. The molecule has 22 heavy (non-hydrogen) atoms. The first kappa shape index (κ1) is 13.3. The maximum Gasteiger partial charge on any atom is 0.127 e. The van der Waals surface area contributed by atoms with Gasteiger partial charge in [-0.25, -0.2) is 4.39 Å². The number of benzene rings is 1. The minimum Gasteiger partial charge on any atom is -0.303 e. The van der Waals surface area contributed by atoms with Gasteiger partial charge in [-0.1, -0.05) is 6.92 Å². The largest absolute Gasteiger partial charge is 0.303 e. The van der Waals surface area contributed by atoms with Crippen molar-refractivity contribution in [2.24, 2.45) is 11.8 Å². The van der Waals surface area contributed by atoms with E-state index >= 15 is 0 Å². The van der Waals surface area contributed by atoms with Gasteiger partial charge in [0.15, 0.2) is 0 Å². The van der Waals surface area contributed by atoms with Gasteiger partial charge in [-0.15, -0.1) is 0 Å². The average Bonchev–Trinajstić information content (AvgIpc) is 3.12. The van der Waals surface area contributed by atoms with Gasteiger partial charge in [0.25, 0.3) is 0 Å². The Hall–Kier alpha value is -2.36. The third-order valence-electron chi connectivity index (χ3n) is 4.87. The van der Waals surface area contributed by atoms with Crippen molar-refractivity contribution in [2.45, 2.75) is 19.8 Å². The smallest absolute Gasteiger partial charge is 0.127 e. The summed E-state index contributed by atoms with van der Waals surface area (Å²) in [4.78, 5) is 11.3. The molecule has 0 amide bonds. The monoisotopic (exact) mass is 296 g/mol. The van der Waals surface area contributed by atoms with E-state index in [0.29, 0.717) is 0 Å². The zero-order valence-electron chi connectivity index (χ0n) is 12.3. The molecule has 0 bridgehead atoms. The van der Waals surface area contributed by atoms with Crippen LogP contribution in [-0.2, 0) is 4.79 Å². The van der Waals surface area contributed by atoms with Gasteiger partial charge in [-0.3, -0.25) is 5.01 Å². The van der Waals surface area contributed by atoms with Crippen LogP contribution in [0.5, 0.6) is 0 Å². The lowest BCUT2D eigenvalue weighted by atomic mass is 9.81. The van der Waals surface area contributed by atoms with E-state index in [1.165, 1.54) is 28.9 Å². The number of nitrogens with one attached hydrogen (secondary N) is 1. The highest BCUT2D eigenvalue weighted by Crippen LogP contribution is 2.47. The molecule has 0 fully saturated rings. The predicted molar refractivity (Wildman–Crippen MR) is 83.2 cm³/mol. The number of carbonyl (C=O) groups excluding carboxylic acids is 1. The summed E-state index contributed by atoms with van der Waals surface area (Å²) in [6, 6.07) is 6.45. The number of rotatable bonds is 2. The Morgan fingerprint density at radius 3 is 2.82 bits per heavy atom. The van der Waals surface area contributed by atoms with E-state index < -0.39 is 0 Å². The molecular weight excluding hydrogens is 279 g/mol. The first-order valence-corrected chi connectivity index (χ1v) is 7.61. The zero-order chi connectivity index (χ0) is 15.3. The van der Waals surface area contributed by atoms with Gasteiger partial charge < -0.3 is 10.2 Å². The molecule has 0 aromatic heterocycles. The quantitative estimate of drug-likeness (QED) is 0.848. The van der Waals surface area contributed by atoms with E-state index in [-0.39, 0.29) is 17.7 Å². The maximum atomic E-state index is 13.1. The van der Waals surface area contributed by atoms with Gasteiger partial charge in [0.05, 0.1) is 11.4 Å². The molecule has 0 saturated heterocycles. The van der Waals surface area contributed by atoms with Crippen LogP contribution in [0.25, 0.3) is 0 Å². The number of fused-ring (bicyclic) bond motifs is 1. The summed E-state index contributed by atoms with van der Waals surface area (Å²) in [6.45, 7) is 2.16. The summed E-state index contributed by atoms with van der Waals surface area (Å²) in [7, 11) is 0. The number of hydrogen-bond acceptors (Lipinski definition) is 3. The molecular formula is C18H17FN2O. The fraction of sp³-hybridized carbons (Fsp3) is 0.278. The standard InChI is InChI=1S/C18H17FN2O/c1-11-16-9-20-21(15-6-4-14(19)5-7-15)17(16)8-12-2-3-13(10-22)18(11)12/h4-11,13,20H,2-3H2,1H3/t11-,13+/m0/s1. The number of hydrogen-bond donors (Lipinski definition) is 1. The van der Waals surface area contributed by atoms with Gasteiger partial charge in [0.1, 0.15) is 12.1 Å². The van der Waals surface area contributed by atoms with Crippen LogP contribution in [0.1, 0.15) is 19.8 Å². The normalized spacial score (nSPS) is 26.2. The van der Waals surface area contributed by atoms with E-state index in [4.69, 9.17) is 0 Å². The molecule has 4 rings (SSSR count). The van der Waals surface area contributed by atoms with E-state index in [9.17, 15) is 9.18 Å². The average molecular weight is 296 g/mol. The highest BCUT2D eigenvalue weighted by Gasteiger charge is 2.37. The van der Waals surface area contributed by atoms with Gasteiger partial charge in [-0.2, -0.15) is 0 Å². The molecule has 112 valence electrons. The molecule has 0 spiro atoms. The molecule has 1 heterocycles. The molecule has 3 nitrogen and oxygen atoms in total. The second-order valence-corrected chi connectivity index (χ2v) is 6.05. The molecule has 0 saturated carbocycles. The van der Waals surface area contributed by atoms with Crippen LogP contribution >= 0.6 is 0 Å². The number of nitrogens with zero attached hydrogens (tertiary/aromatic N) is 1. The van der Waals surface area contributed by atoms with Gasteiger partial charge in [0.2, 0.25) is 0 Å². The number of carbonyl (C=O) groups is 1. The summed E-state index contributed by atoms with van der Waals surface area (Å²) in [5, 5.41) is 1.98. The second kappa shape index (κ2) is 4.83. The molecule has 0 radical (unpaired) electrons. The van der Waals surface area contributed by atoms with E-state index in [2.05, 4.69) is 18.4 Å². The minimum absolute atomic E-state index is 0.0589.